The van der Waals surface area contributed by atoms with Crippen LogP contribution in [0.25, 0.3) is 0 Å². The molecule has 0 bridgehead atoms. The SMILES string of the molecule is CCCCCCCCCOCC(C)=O.CCCCCCCCOCC(C)=O.CCCCCCCOCC(C)=O.CCCCCCOCC(C)=O.CCCCCOCC(C)=O.CCCCOCC(C)=O.CCCN(C)CCOCC(C)=O.CCCOCC(C)=O.CCCOCCOCC(C)=O.CCCOCCOCCOCC(C)=O. The molecule has 0 saturated heterocycles. The van der Waals surface area contributed by atoms with Crippen LogP contribution in [0, 0.1) is 0 Å². The van der Waals surface area contributed by atoms with Crippen molar-refractivity contribution in [2.24, 2.45) is 0 Å². The standard InChI is InChI=1S/C12H24O2.C11H22O2.C10H20O4.C10H20O2.C9H19NO2.C9H18O2.C8H16O3.C8H16O2.C7H14O2.C6H12O2/c1-3-4-5-6-7-8-9-10-14-11-12(2)13;1-3-4-5-6-7-8-9-13-10-11(2)12;1-3-4-12-5-6-13-7-8-14-9-10(2)11;1-3-4-5-6-7-8-12-9-10(2)11;1-4-5-10(3)6-7-12-8-9(2)11;1-3-4-5-6-7-11-8-9(2)10;1-3-4-10-5-6-11-7-8(2)9;1-3-4-5-6-10-7-8(2)9;1-3-4-5-9-6-7(2)8;1-3-4-8-5-6(2)7/h3-11H2,1-2H3;3-10H2,1-2H3;3-9H2,1-2H3;3-9H2,1-2H3;4-8H2,1-3H3;3-8H2,1-2H3;3-7H2,1-2H3;3-7H2,1-2H3;3-6H2,1-2H3;3-5H2,1-2H3. The first-order valence-electron chi connectivity index (χ1n) is 43.7. The van der Waals surface area contributed by atoms with Crippen LogP contribution in [0.4, 0.5) is 0 Å². The van der Waals surface area contributed by atoms with Gasteiger partial charge in [0.1, 0.15) is 66.1 Å². The molecule has 0 heterocycles. The first-order valence-corrected chi connectivity index (χ1v) is 43.7. The summed E-state index contributed by atoms with van der Waals surface area (Å²) in [4.78, 5) is 106. The van der Waals surface area contributed by atoms with Gasteiger partial charge >= 0.3 is 0 Å². The average molecular weight is 1650 g/mol. The Balaban J connectivity index is -0.000000132. The lowest BCUT2D eigenvalue weighted by Crippen LogP contribution is -2.24. The predicted molar refractivity (Wildman–Crippen MR) is 465 cm³/mol. The van der Waals surface area contributed by atoms with Gasteiger partial charge in [-0.1, -0.05) is 204 Å². The van der Waals surface area contributed by atoms with Crippen molar-refractivity contribution >= 4 is 57.8 Å². The number of nitrogens with zero attached hydrogens (tertiary/aromatic N) is 1. The third-order valence-electron chi connectivity index (χ3n) is 14.0. The number of ketones is 10. The molecule has 24 heteroatoms. The van der Waals surface area contributed by atoms with Gasteiger partial charge in [-0.3, -0.25) is 47.9 Å². The van der Waals surface area contributed by atoms with Gasteiger partial charge in [-0.2, -0.15) is 0 Å². The fourth-order valence-corrected chi connectivity index (χ4v) is 8.25. The maximum Gasteiger partial charge on any atom is 0.155 e. The molecular formula is C90H181NO23. The highest BCUT2D eigenvalue weighted by Gasteiger charge is 2.02. The van der Waals surface area contributed by atoms with E-state index in [1.807, 2.05) is 6.92 Å². The van der Waals surface area contributed by atoms with Gasteiger partial charge in [0.25, 0.3) is 0 Å². The van der Waals surface area contributed by atoms with Gasteiger partial charge in [-0.05, 0) is 147 Å². The molecule has 0 aliphatic rings. The molecule has 0 atom stereocenters. The number of likely N-dealkylation sites (N-methyl/N-ethyl adjacent to an activating group) is 1. The minimum Gasteiger partial charge on any atom is -0.379 e. The first kappa shape index (κ1) is 131. The zero-order valence-electron chi connectivity index (χ0n) is 77.6. The van der Waals surface area contributed by atoms with Crippen LogP contribution < -0.4 is 0 Å². The van der Waals surface area contributed by atoms with Crippen LogP contribution in [-0.4, -0.2) is 255 Å². The van der Waals surface area contributed by atoms with Crippen molar-refractivity contribution in [2.75, 3.05) is 192 Å². The number of unbranched alkanes of at least 4 members (excludes halogenated alkanes) is 21. The van der Waals surface area contributed by atoms with Gasteiger partial charge in [0.05, 0.1) is 46.2 Å². The van der Waals surface area contributed by atoms with Gasteiger partial charge in [-0.15, -0.1) is 0 Å². The number of carbonyl (C=O) groups is 10. The lowest BCUT2D eigenvalue weighted by Gasteiger charge is -2.14. The Bertz CT molecular complexity index is 1900. The van der Waals surface area contributed by atoms with Crippen LogP contribution in [0.15, 0.2) is 0 Å². The highest BCUT2D eigenvalue weighted by Crippen LogP contribution is 2.08. The van der Waals surface area contributed by atoms with E-state index in [9.17, 15) is 47.9 Å². The molecular weight excluding hydrogens is 1460 g/mol. The van der Waals surface area contributed by atoms with E-state index in [0.717, 1.165) is 137 Å². The Morgan fingerprint density at radius 2 is 0.316 bits per heavy atom. The summed E-state index contributed by atoms with van der Waals surface area (Å²) in [5.74, 6) is 0.953. The molecule has 0 aromatic heterocycles. The van der Waals surface area contributed by atoms with Crippen LogP contribution in [0.3, 0.4) is 0 Å². The van der Waals surface area contributed by atoms with Crippen molar-refractivity contribution in [1.29, 1.82) is 0 Å². The minimum absolute atomic E-state index is 0.0382. The number of ether oxygens (including phenoxy) is 13. The van der Waals surface area contributed by atoms with Crippen LogP contribution in [0.2, 0.25) is 0 Å². The molecule has 0 spiro atoms. The Morgan fingerprint density at radius 3 is 0.544 bits per heavy atom. The summed E-state index contributed by atoms with van der Waals surface area (Å²) in [7, 11) is 2.06. The summed E-state index contributed by atoms with van der Waals surface area (Å²) in [5.41, 5.74) is 0. The van der Waals surface area contributed by atoms with E-state index in [0.29, 0.717) is 52.9 Å². The van der Waals surface area contributed by atoms with E-state index in [-0.39, 0.29) is 124 Å². The smallest absolute Gasteiger partial charge is 0.155 e. The highest BCUT2D eigenvalue weighted by atomic mass is 16.5. The number of carbonyl (C=O) groups excluding carboxylic acids is 10. The van der Waals surface area contributed by atoms with Gasteiger partial charge in [0, 0.05) is 66.0 Å². The minimum atomic E-state index is 0.0382. The Hall–Kier alpha value is -3.86. The normalized spacial score (nSPS) is 10.1. The largest absolute Gasteiger partial charge is 0.379 e. The van der Waals surface area contributed by atoms with Crippen LogP contribution in [0.1, 0.15) is 338 Å². The number of hydrogen-bond acceptors (Lipinski definition) is 24. The Labute approximate surface area is 698 Å². The zero-order valence-corrected chi connectivity index (χ0v) is 77.6. The van der Waals surface area contributed by atoms with E-state index in [2.05, 4.69) is 74.3 Å². The molecule has 0 N–H and O–H groups in total. The molecule has 0 unspecified atom stereocenters. The molecule has 0 aliphatic carbocycles. The first-order chi connectivity index (χ1) is 54.6. The van der Waals surface area contributed by atoms with Crippen LogP contribution >= 0.6 is 0 Å². The monoisotopic (exact) mass is 1640 g/mol. The van der Waals surface area contributed by atoms with Crippen molar-refractivity contribution in [3.05, 3.63) is 0 Å². The van der Waals surface area contributed by atoms with Gasteiger partial charge in [-0.25, -0.2) is 0 Å². The molecule has 0 radical (unpaired) electrons. The molecule has 24 nitrogen and oxygen atoms in total. The molecule has 114 heavy (non-hydrogen) atoms. The second-order valence-electron chi connectivity index (χ2n) is 28.1. The summed E-state index contributed by atoms with van der Waals surface area (Å²) in [6, 6.07) is 0. The Kier molecular flexibility index (Phi) is 143. The lowest BCUT2D eigenvalue weighted by atomic mass is 10.1. The summed E-state index contributed by atoms with van der Waals surface area (Å²) in [5, 5.41) is 0. The van der Waals surface area contributed by atoms with Crippen molar-refractivity contribution in [1.82, 2.24) is 4.90 Å². The van der Waals surface area contributed by atoms with Gasteiger partial charge < -0.3 is 66.5 Å². The Morgan fingerprint density at radius 1 is 0.158 bits per heavy atom. The summed E-state index contributed by atoms with van der Waals surface area (Å²) >= 11 is 0. The quantitative estimate of drug-likeness (QED) is 0.0511. The molecule has 0 aliphatic heterocycles. The fraction of sp³-hybridized carbons (Fsp3) is 0.889. The summed E-state index contributed by atoms with van der Waals surface area (Å²) < 4.78 is 66.1. The van der Waals surface area contributed by atoms with E-state index in [1.165, 1.54) is 163 Å². The maximum absolute atomic E-state index is 10.5. The summed E-state index contributed by atoms with van der Waals surface area (Å²) in [6.45, 7) is 51.9. The second kappa shape index (κ2) is 125. The maximum atomic E-state index is 10.5. The van der Waals surface area contributed by atoms with Crippen molar-refractivity contribution in [2.45, 2.75) is 338 Å². The lowest BCUT2D eigenvalue weighted by molar-refractivity contribution is -0.122. The topological polar surface area (TPSA) is 294 Å². The second-order valence-corrected chi connectivity index (χ2v) is 28.1. The number of hydrogen-bond donors (Lipinski definition) is 0. The zero-order chi connectivity index (χ0) is 88.3. The molecule has 0 aromatic carbocycles. The predicted octanol–water partition coefficient (Wildman–Crippen LogP) is 18.2. The highest BCUT2D eigenvalue weighted by molar-refractivity contribution is 5.79. The molecule has 0 rings (SSSR count). The summed E-state index contributed by atoms with van der Waals surface area (Å²) in [6.07, 6.45) is 37.5. The van der Waals surface area contributed by atoms with E-state index < -0.39 is 0 Å². The van der Waals surface area contributed by atoms with Crippen LogP contribution in [0.5, 0.6) is 0 Å². The van der Waals surface area contributed by atoms with Crippen molar-refractivity contribution in [3.8, 4) is 0 Å². The van der Waals surface area contributed by atoms with Gasteiger partial charge in [0.15, 0.2) is 57.8 Å². The van der Waals surface area contributed by atoms with Crippen molar-refractivity contribution in [3.63, 3.8) is 0 Å². The third kappa shape index (κ3) is 189. The van der Waals surface area contributed by atoms with Gasteiger partial charge in [0.2, 0.25) is 0 Å². The van der Waals surface area contributed by atoms with E-state index in [4.69, 9.17) is 61.6 Å². The van der Waals surface area contributed by atoms with E-state index >= 15 is 0 Å². The number of Topliss-reactive ketones (excluding diaryl/α,β-unsaturated/α-hetero) is 10. The van der Waals surface area contributed by atoms with E-state index in [1.54, 1.807) is 34.6 Å². The third-order valence-corrected chi connectivity index (χ3v) is 14.0. The van der Waals surface area contributed by atoms with Crippen LogP contribution in [-0.2, 0) is 110 Å². The average Bonchev–Trinajstić information content (AvgIpc) is 1.12. The molecule has 0 fully saturated rings. The molecule has 684 valence electrons. The molecule has 0 aromatic rings. The molecule has 0 amide bonds. The van der Waals surface area contributed by atoms with Crippen molar-refractivity contribution < 1.29 is 110 Å². The molecule has 0 saturated carbocycles. The fourth-order valence-electron chi connectivity index (χ4n) is 8.25. The number of rotatable bonds is 73.